The number of likely N-dealkylation sites (N-methyl/N-ethyl adjacent to an activating group) is 1. The van der Waals surface area contributed by atoms with Crippen molar-refractivity contribution in [2.45, 2.75) is 20.3 Å². The molecule has 1 aliphatic heterocycles. The van der Waals surface area contributed by atoms with E-state index in [0.717, 1.165) is 6.54 Å². The second-order valence-corrected chi connectivity index (χ2v) is 5.20. The fourth-order valence-corrected chi connectivity index (χ4v) is 2.17. The summed E-state index contributed by atoms with van der Waals surface area (Å²) in [4.78, 5) is 5.01. The summed E-state index contributed by atoms with van der Waals surface area (Å²) in [5.74, 6) is 1.37. The van der Waals surface area contributed by atoms with Crippen LogP contribution in [0, 0.1) is 11.8 Å². The number of hydrogen-bond acceptors (Lipinski definition) is 3. The molecule has 1 fully saturated rings. The zero-order valence-electron chi connectivity index (χ0n) is 10.6. The smallest absolute Gasteiger partial charge is 0.0109 e. The lowest BCUT2D eigenvalue weighted by Gasteiger charge is -2.27. The molecule has 1 heterocycles. The molecule has 0 aromatic rings. The van der Waals surface area contributed by atoms with E-state index >= 15 is 0 Å². The summed E-state index contributed by atoms with van der Waals surface area (Å²) in [5, 5.41) is 0. The summed E-state index contributed by atoms with van der Waals surface area (Å²) >= 11 is 0. The Morgan fingerprint density at radius 1 is 1.13 bits per heavy atom. The third kappa shape index (κ3) is 4.49. The Morgan fingerprint density at radius 2 is 1.87 bits per heavy atom. The fraction of sp³-hybridized carbons (Fsp3) is 1.00. The molecule has 1 atom stereocenters. The van der Waals surface area contributed by atoms with Gasteiger partial charge in [0.05, 0.1) is 0 Å². The van der Waals surface area contributed by atoms with E-state index in [9.17, 15) is 0 Å². The molecule has 2 N–H and O–H groups in total. The summed E-state index contributed by atoms with van der Waals surface area (Å²) < 4.78 is 0. The fourth-order valence-electron chi connectivity index (χ4n) is 2.17. The van der Waals surface area contributed by atoms with Gasteiger partial charge in [-0.25, -0.2) is 0 Å². The maximum atomic E-state index is 5.82. The van der Waals surface area contributed by atoms with Crippen molar-refractivity contribution in [1.29, 1.82) is 0 Å². The molecule has 1 rings (SSSR count). The van der Waals surface area contributed by atoms with E-state index < -0.39 is 0 Å². The Labute approximate surface area is 94.6 Å². The molecule has 0 aromatic heterocycles. The van der Waals surface area contributed by atoms with Crippen molar-refractivity contribution in [2.24, 2.45) is 17.6 Å². The molecule has 0 radical (unpaired) electrons. The standard InChI is InChI=1S/C12H27N3/c1-11(2)12(9-13)10-15-6-4-5-14(3)7-8-15/h11-12H,4-10,13H2,1-3H3. The van der Waals surface area contributed by atoms with E-state index in [2.05, 4.69) is 30.7 Å². The van der Waals surface area contributed by atoms with Crippen LogP contribution in [-0.4, -0.2) is 56.1 Å². The van der Waals surface area contributed by atoms with Gasteiger partial charge in [-0.05, 0) is 44.9 Å². The molecule has 0 aromatic carbocycles. The first-order valence-corrected chi connectivity index (χ1v) is 6.24. The molecule has 0 spiro atoms. The highest BCUT2D eigenvalue weighted by Crippen LogP contribution is 2.12. The third-order valence-corrected chi connectivity index (χ3v) is 3.55. The minimum absolute atomic E-state index is 0.661. The Balaban J connectivity index is 2.36. The highest BCUT2D eigenvalue weighted by atomic mass is 15.2. The van der Waals surface area contributed by atoms with Crippen LogP contribution in [0.15, 0.2) is 0 Å². The topological polar surface area (TPSA) is 32.5 Å². The van der Waals surface area contributed by atoms with Crippen molar-refractivity contribution in [1.82, 2.24) is 9.80 Å². The number of nitrogens with zero attached hydrogens (tertiary/aromatic N) is 2. The van der Waals surface area contributed by atoms with E-state index in [-0.39, 0.29) is 0 Å². The largest absolute Gasteiger partial charge is 0.330 e. The van der Waals surface area contributed by atoms with Crippen LogP contribution in [-0.2, 0) is 0 Å². The lowest BCUT2D eigenvalue weighted by atomic mass is 9.95. The first-order chi connectivity index (χ1) is 7.13. The predicted molar refractivity (Wildman–Crippen MR) is 65.9 cm³/mol. The van der Waals surface area contributed by atoms with Gasteiger partial charge in [0.25, 0.3) is 0 Å². The molecule has 3 nitrogen and oxygen atoms in total. The van der Waals surface area contributed by atoms with Crippen LogP contribution in [0.4, 0.5) is 0 Å². The number of nitrogens with two attached hydrogens (primary N) is 1. The molecule has 0 bridgehead atoms. The van der Waals surface area contributed by atoms with Crippen LogP contribution in [0.5, 0.6) is 0 Å². The second kappa shape index (κ2) is 6.46. The minimum Gasteiger partial charge on any atom is -0.330 e. The van der Waals surface area contributed by atoms with Gasteiger partial charge >= 0.3 is 0 Å². The molecule has 0 amide bonds. The van der Waals surface area contributed by atoms with Crippen LogP contribution < -0.4 is 5.73 Å². The molecule has 15 heavy (non-hydrogen) atoms. The SMILES string of the molecule is CC(C)C(CN)CN1CCCN(C)CC1. The van der Waals surface area contributed by atoms with Gasteiger partial charge in [-0.15, -0.1) is 0 Å². The van der Waals surface area contributed by atoms with Gasteiger partial charge < -0.3 is 15.5 Å². The van der Waals surface area contributed by atoms with E-state index in [0.29, 0.717) is 11.8 Å². The number of hydrogen-bond donors (Lipinski definition) is 1. The first-order valence-electron chi connectivity index (χ1n) is 6.24. The average Bonchev–Trinajstić information content (AvgIpc) is 2.39. The summed E-state index contributed by atoms with van der Waals surface area (Å²) in [6.45, 7) is 11.5. The summed E-state index contributed by atoms with van der Waals surface area (Å²) in [6, 6.07) is 0. The van der Waals surface area contributed by atoms with Gasteiger partial charge in [0.15, 0.2) is 0 Å². The molecular weight excluding hydrogens is 186 g/mol. The van der Waals surface area contributed by atoms with Gasteiger partial charge in [-0.1, -0.05) is 13.8 Å². The molecule has 0 saturated carbocycles. The van der Waals surface area contributed by atoms with E-state index in [1.165, 1.54) is 39.1 Å². The normalized spacial score (nSPS) is 23.0. The van der Waals surface area contributed by atoms with Crippen molar-refractivity contribution in [3.05, 3.63) is 0 Å². The lowest BCUT2D eigenvalue weighted by Crippen LogP contribution is -2.37. The van der Waals surface area contributed by atoms with Crippen LogP contribution >= 0.6 is 0 Å². The summed E-state index contributed by atoms with van der Waals surface area (Å²) in [6.07, 6.45) is 1.30. The van der Waals surface area contributed by atoms with Crippen molar-refractivity contribution in [3.63, 3.8) is 0 Å². The molecule has 90 valence electrons. The molecule has 0 aliphatic carbocycles. The van der Waals surface area contributed by atoms with Crippen LogP contribution in [0.3, 0.4) is 0 Å². The van der Waals surface area contributed by atoms with Gasteiger partial charge in [0, 0.05) is 19.6 Å². The predicted octanol–water partition coefficient (Wildman–Crippen LogP) is 0.855. The Hall–Kier alpha value is -0.120. The van der Waals surface area contributed by atoms with Gasteiger partial charge in [0.2, 0.25) is 0 Å². The summed E-state index contributed by atoms with van der Waals surface area (Å²) in [7, 11) is 2.21. The minimum atomic E-state index is 0.661. The lowest BCUT2D eigenvalue weighted by molar-refractivity contribution is 0.209. The van der Waals surface area contributed by atoms with Gasteiger partial charge in [-0.2, -0.15) is 0 Å². The van der Waals surface area contributed by atoms with E-state index in [1.54, 1.807) is 0 Å². The zero-order valence-corrected chi connectivity index (χ0v) is 10.6. The molecular formula is C12H27N3. The zero-order chi connectivity index (χ0) is 11.3. The molecule has 1 unspecified atom stereocenters. The Kier molecular flexibility index (Phi) is 5.58. The summed E-state index contributed by atoms with van der Waals surface area (Å²) in [5.41, 5.74) is 5.82. The Morgan fingerprint density at radius 3 is 2.47 bits per heavy atom. The van der Waals surface area contributed by atoms with Crippen LogP contribution in [0.2, 0.25) is 0 Å². The highest BCUT2D eigenvalue weighted by molar-refractivity contribution is 4.73. The van der Waals surface area contributed by atoms with E-state index in [4.69, 9.17) is 5.73 Å². The third-order valence-electron chi connectivity index (χ3n) is 3.55. The monoisotopic (exact) mass is 213 g/mol. The van der Waals surface area contributed by atoms with Crippen molar-refractivity contribution < 1.29 is 0 Å². The molecule has 1 aliphatic rings. The van der Waals surface area contributed by atoms with Crippen molar-refractivity contribution in [2.75, 3.05) is 46.3 Å². The quantitative estimate of drug-likeness (QED) is 0.751. The van der Waals surface area contributed by atoms with Crippen LogP contribution in [0.1, 0.15) is 20.3 Å². The maximum absolute atomic E-state index is 5.82. The van der Waals surface area contributed by atoms with Crippen LogP contribution in [0.25, 0.3) is 0 Å². The maximum Gasteiger partial charge on any atom is 0.0109 e. The van der Waals surface area contributed by atoms with Crippen molar-refractivity contribution in [3.8, 4) is 0 Å². The van der Waals surface area contributed by atoms with Gasteiger partial charge in [0.1, 0.15) is 0 Å². The van der Waals surface area contributed by atoms with E-state index in [1.807, 2.05) is 0 Å². The second-order valence-electron chi connectivity index (χ2n) is 5.20. The Bertz CT molecular complexity index is 170. The average molecular weight is 213 g/mol. The van der Waals surface area contributed by atoms with Gasteiger partial charge in [-0.3, -0.25) is 0 Å². The highest BCUT2D eigenvalue weighted by Gasteiger charge is 2.18. The number of rotatable bonds is 4. The molecule has 3 heteroatoms. The molecule has 1 saturated heterocycles. The van der Waals surface area contributed by atoms with Crippen molar-refractivity contribution >= 4 is 0 Å². The first kappa shape index (κ1) is 12.9.